The van der Waals surface area contributed by atoms with E-state index in [-0.39, 0.29) is 17.1 Å². The molecule has 0 unspecified atom stereocenters. The molecule has 0 spiro atoms. The van der Waals surface area contributed by atoms with E-state index in [2.05, 4.69) is 4.84 Å². The van der Waals surface area contributed by atoms with Crippen molar-refractivity contribution in [1.82, 2.24) is 4.84 Å². The molecule has 2 aromatic carbocycles. The molecule has 6 nitrogen and oxygen atoms in total. The van der Waals surface area contributed by atoms with Gasteiger partial charge in [-0.25, -0.2) is 9.63 Å². The van der Waals surface area contributed by atoms with Gasteiger partial charge in [-0.15, -0.1) is 0 Å². The lowest BCUT2D eigenvalue weighted by molar-refractivity contribution is -0.137. The number of benzene rings is 2. The first-order valence-corrected chi connectivity index (χ1v) is 9.14. The molecule has 27 heavy (non-hydrogen) atoms. The third-order valence-corrected chi connectivity index (χ3v) is 4.82. The zero-order valence-corrected chi connectivity index (χ0v) is 16.5. The van der Waals surface area contributed by atoms with Gasteiger partial charge < -0.3 is 14.2 Å². The van der Waals surface area contributed by atoms with E-state index in [0.717, 1.165) is 17.4 Å². The summed E-state index contributed by atoms with van der Waals surface area (Å²) in [5.41, 5.74) is 0.371. The largest absolute Gasteiger partial charge is 0.487 e. The van der Waals surface area contributed by atoms with Crippen LogP contribution in [0.5, 0.6) is 17.2 Å². The highest BCUT2D eigenvalue weighted by atomic mass is 35.5. The van der Waals surface area contributed by atoms with E-state index < -0.39 is 18.0 Å². The number of ether oxygens (including phenoxy) is 3. The summed E-state index contributed by atoms with van der Waals surface area (Å²) in [6, 6.07) is 6.67. The minimum Gasteiger partial charge on any atom is -0.487 e. The Balaban J connectivity index is 2.26. The lowest BCUT2D eigenvalue weighted by Crippen LogP contribution is -2.34. The number of carbonyl (C=O) groups is 2. The summed E-state index contributed by atoms with van der Waals surface area (Å²) in [7, 11) is 0. The van der Waals surface area contributed by atoms with Crippen LogP contribution in [0.3, 0.4) is 0 Å². The number of nitrogens with one attached hydrogen (secondary N) is 1. The first-order chi connectivity index (χ1) is 12.7. The molecule has 2 aromatic rings. The van der Waals surface area contributed by atoms with E-state index in [9.17, 15) is 9.59 Å². The summed E-state index contributed by atoms with van der Waals surface area (Å²) in [6.45, 7) is 6.91. The highest BCUT2D eigenvalue weighted by molar-refractivity contribution is 6.15. The Morgan fingerprint density at radius 1 is 1.19 bits per heavy atom. The number of hydrogen-bond acceptors (Lipinski definition) is 6. The van der Waals surface area contributed by atoms with Crippen molar-refractivity contribution in [3.8, 4) is 17.2 Å². The standard InChI is InChI=1S/C20H22ClNO5/c1-11(22-21)19(24)26-17-14-8-6-5-7-13(14)16-15(18(17)25-12(2)23)9-10-20(3,4)27-16/h5-8,11,22H,9-10H2,1-4H3/t11-/m0/s1. The summed E-state index contributed by atoms with van der Waals surface area (Å²) in [6.07, 6.45) is 1.36. The van der Waals surface area contributed by atoms with Gasteiger partial charge in [0, 0.05) is 23.3 Å². The summed E-state index contributed by atoms with van der Waals surface area (Å²) in [5.74, 6) is -0.00597. The van der Waals surface area contributed by atoms with Gasteiger partial charge in [-0.05, 0) is 45.4 Å². The van der Waals surface area contributed by atoms with Gasteiger partial charge in [0.15, 0.2) is 11.5 Å². The molecule has 0 saturated heterocycles. The van der Waals surface area contributed by atoms with Crippen molar-refractivity contribution in [2.75, 3.05) is 0 Å². The molecule has 144 valence electrons. The van der Waals surface area contributed by atoms with Gasteiger partial charge in [-0.1, -0.05) is 24.3 Å². The summed E-state index contributed by atoms with van der Waals surface area (Å²) in [4.78, 5) is 26.4. The minimum atomic E-state index is -0.734. The van der Waals surface area contributed by atoms with Crippen molar-refractivity contribution < 1.29 is 23.8 Å². The normalized spacial score (nSPS) is 16.2. The Bertz CT molecular complexity index is 909. The van der Waals surface area contributed by atoms with E-state index in [1.165, 1.54) is 6.92 Å². The zero-order chi connectivity index (χ0) is 19.8. The Hall–Kier alpha value is -2.31. The first kappa shape index (κ1) is 19.5. The highest BCUT2D eigenvalue weighted by Gasteiger charge is 2.34. The SMILES string of the molecule is CC(=O)Oc1c2c(c3ccccc3c1OC(=O)[C@H](C)NCl)OC(C)(C)CC2. The molecule has 0 aliphatic carbocycles. The second-order valence-electron chi connectivity index (χ2n) is 7.22. The molecule has 1 aliphatic heterocycles. The average Bonchev–Trinajstić information content (AvgIpc) is 2.62. The number of hydrogen-bond donors (Lipinski definition) is 1. The van der Waals surface area contributed by atoms with Crippen LogP contribution >= 0.6 is 11.8 Å². The van der Waals surface area contributed by atoms with E-state index in [1.807, 2.05) is 32.0 Å². The maximum atomic E-state index is 12.4. The van der Waals surface area contributed by atoms with Crippen LogP contribution in [-0.4, -0.2) is 23.6 Å². The van der Waals surface area contributed by atoms with E-state index >= 15 is 0 Å². The minimum absolute atomic E-state index is 0.201. The van der Waals surface area contributed by atoms with Crippen molar-refractivity contribution in [3.05, 3.63) is 29.8 Å². The summed E-state index contributed by atoms with van der Waals surface area (Å²) >= 11 is 5.55. The molecule has 0 amide bonds. The quantitative estimate of drug-likeness (QED) is 0.484. The van der Waals surface area contributed by atoms with E-state index in [4.69, 9.17) is 26.0 Å². The zero-order valence-electron chi connectivity index (χ0n) is 15.7. The lowest BCUT2D eigenvalue weighted by Gasteiger charge is -2.34. The van der Waals surface area contributed by atoms with Gasteiger partial charge in [-0.3, -0.25) is 4.79 Å². The molecule has 0 radical (unpaired) electrons. The maximum absolute atomic E-state index is 12.4. The van der Waals surface area contributed by atoms with Gasteiger partial charge in [0.25, 0.3) is 0 Å². The lowest BCUT2D eigenvalue weighted by atomic mass is 9.91. The number of fused-ring (bicyclic) bond motifs is 3. The van der Waals surface area contributed by atoms with Crippen LogP contribution < -0.4 is 19.0 Å². The van der Waals surface area contributed by atoms with Gasteiger partial charge in [0.2, 0.25) is 0 Å². The summed E-state index contributed by atoms with van der Waals surface area (Å²) < 4.78 is 17.3. The Morgan fingerprint density at radius 3 is 2.48 bits per heavy atom. The fourth-order valence-electron chi connectivity index (χ4n) is 3.09. The molecule has 0 fully saturated rings. The molecular formula is C20H22ClNO5. The predicted molar refractivity (Wildman–Crippen MR) is 102 cm³/mol. The number of esters is 2. The molecule has 1 heterocycles. The Labute approximate surface area is 162 Å². The van der Waals surface area contributed by atoms with Gasteiger partial charge in [0.1, 0.15) is 17.4 Å². The second kappa shape index (κ2) is 7.37. The summed E-state index contributed by atoms with van der Waals surface area (Å²) in [5, 5.41) is 1.42. The smallest absolute Gasteiger partial charge is 0.329 e. The van der Waals surface area contributed by atoms with Crippen LogP contribution in [0.25, 0.3) is 10.8 Å². The Kier molecular flexibility index (Phi) is 5.31. The fraction of sp³-hybridized carbons (Fsp3) is 0.400. The highest BCUT2D eigenvalue weighted by Crippen LogP contribution is 2.50. The van der Waals surface area contributed by atoms with Crippen molar-refractivity contribution >= 4 is 34.5 Å². The number of halogens is 1. The molecule has 0 aromatic heterocycles. The molecule has 7 heteroatoms. The number of rotatable bonds is 4. The third-order valence-electron chi connectivity index (χ3n) is 4.49. The second-order valence-corrected chi connectivity index (χ2v) is 7.44. The van der Waals surface area contributed by atoms with Crippen molar-refractivity contribution in [2.24, 2.45) is 0 Å². The van der Waals surface area contributed by atoms with E-state index in [1.54, 1.807) is 13.0 Å². The fourth-order valence-corrected chi connectivity index (χ4v) is 3.18. The third kappa shape index (κ3) is 3.87. The van der Waals surface area contributed by atoms with Crippen LogP contribution in [0.1, 0.15) is 39.7 Å². The number of carbonyl (C=O) groups excluding carboxylic acids is 2. The van der Waals surface area contributed by atoms with E-state index in [0.29, 0.717) is 17.6 Å². The molecular weight excluding hydrogens is 370 g/mol. The van der Waals surface area contributed by atoms with Crippen LogP contribution in [0.4, 0.5) is 0 Å². The maximum Gasteiger partial charge on any atom is 0.329 e. The molecule has 1 atom stereocenters. The Morgan fingerprint density at radius 2 is 1.85 bits per heavy atom. The van der Waals surface area contributed by atoms with Gasteiger partial charge in [-0.2, -0.15) is 0 Å². The molecule has 3 rings (SSSR count). The molecule has 1 aliphatic rings. The van der Waals surface area contributed by atoms with Crippen LogP contribution in [0, 0.1) is 0 Å². The monoisotopic (exact) mass is 391 g/mol. The van der Waals surface area contributed by atoms with Crippen molar-refractivity contribution in [3.63, 3.8) is 0 Å². The van der Waals surface area contributed by atoms with Crippen LogP contribution in [0.15, 0.2) is 24.3 Å². The molecule has 0 bridgehead atoms. The van der Waals surface area contributed by atoms with Crippen LogP contribution in [-0.2, 0) is 16.0 Å². The molecule has 0 saturated carbocycles. The first-order valence-electron chi connectivity index (χ1n) is 8.76. The molecule has 1 N–H and O–H groups in total. The van der Waals surface area contributed by atoms with Gasteiger partial charge in [0.05, 0.1) is 0 Å². The van der Waals surface area contributed by atoms with Gasteiger partial charge >= 0.3 is 11.9 Å². The van der Waals surface area contributed by atoms with Crippen molar-refractivity contribution in [1.29, 1.82) is 0 Å². The average molecular weight is 392 g/mol. The van der Waals surface area contributed by atoms with Crippen molar-refractivity contribution in [2.45, 2.75) is 52.2 Å². The van der Waals surface area contributed by atoms with Crippen LogP contribution in [0.2, 0.25) is 0 Å². The predicted octanol–water partition coefficient (Wildman–Crippen LogP) is 3.91. The topological polar surface area (TPSA) is 73.9 Å².